The van der Waals surface area contributed by atoms with Gasteiger partial charge < -0.3 is 15.0 Å². The first kappa shape index (κ1) is 19.7. The molecule has 0 aromatic rings. The number of esters is 1. The van der Waals surface area contributed by atoms with Gasteiger partial charge in [-0.2, -0.15) is 0 Å². The van der Waals surface area contributed by atoms with Crippen LogP contribution in [0.25, 0.3) is 0 Å². The van der Waals surface area contributed by atoms with Crippen LogP contribution in [0.15, 0.2) is 0 Å². The summed E-state index contributed by atoms with van der Waals surface area (Å²) in [6, 6.07) is 0.412. The van der Waals surface area contributed by atoms with E-state index in [2.05, 4.69) is 19.2 Å². The normalized spacial score (nSPS) is 41.6. The second-order valence-corrected chi connectivity index (χ2v) is 10.2. The van der Waals surface area contributed by atoms with Crippen molar-refractivity contribution < 1.29 is 19.1 Å². The van der Waals surface area contributed by atoms with Gasteiger partial charge in [-0.05, 0) is 83.5 Å². The second-order valence-electron chi connectivity index (χ2n) is 10.2. The average molecular weight is 391 g/mol. The summed E-state index contributed by atoms with van der Waals surface area (Å²) in [5.41, 5.74) is -0.777. The van der Waals surface area contributed by atoms with Gasteiger partial charge in [0.2, 0.25) is 5.91 Å². The molecule has 4 aliphatic carbocycles. The molecule has 4 atom stereocenters. The van der Waals surface area contributed by atoms with Gasteiger partial charge in [0, 0.05) is 24.5 Å². The van der Waals surface area contributed by atoms with Crippen LogP contribution >= 0.6 is 0 Å². The third kappa shape index (κ3) is 3.43. The Balaban J connectivity index is 1.43. The number of ether oxygens (including phenoxy) is 1. The van der Waals surface area contributed by atoms with E-state index in [4.69, 9.17) is 4.74 Å². The zero-order valence-corrected chi connectivity index (χ0v) is 17.5. The fraction of sp³-hybridized carbons (Fsp3) is 0.864. The van der Waals surface area contributed by atoms with Crippen LogP contribution in [-0.4, -0.2) is 46.9 Å². The molecular formula is C22H34N2O4. The van der Waals surface area contributed by atoms with E-state index in [0.717, 1.165) is 51.4 Å². The highest BCUT2D eigenvalue weighted by Crippen LogP contribution is 2.62. The maximum atomic E-state index is 13.2. The third-order valence-electron chi connectivity index (χ3n) is 7.74. The van der Waals surface area contributed by atoms with Crippen molar-refractivity contribution >= 4 is 17.8 Å². The number of nitrogens with one attached hydrogen (secondary N) is 1. The molecule has 5 fully saturated rings. The molecule has 0 aromatic carbocycles. The topological polar surface area (TPSA) is 75.7 Å². The number of likely N-dealkylation sites (tertiary alicyclic amines) is 1. The Bertz CT molecular complexity index is 651. The molecule has 1 saturated heterocycles. The van der Waals surface area contributed by atoms with Gasteiger partial charge in [-0.15, -0.1) is 0 Å². The van der Waals surface area contributed by atoms with Crippen LogP contribution in [0.1, 0.15) is 78.6 Å². The maximum Gasteiger partial charge on any atom is 0.312 e. The van der Waals surface area contributed by atoms with E-state index < -0.39 is 5.41 Å². The number of carbonyl (C=O) groups excluding carboxylic acids is 3. The average Bonchev–Trinajstić information content (AvgIpc) is 2.57. The van der Waals surface area contributed by atoms with Crippen molar-refractivity contribution in [1.29, 1.82) is 0 Å². The Hall–Kier alpha value is -1.59. The Labute approximate surface area is 167 Å². The fourth-order valence-corrected chi connectivity index (χ4v) is 7.29. The summed E-state index contributed by atoms with van der Waals surface area (Å²) in [7, 11) is 0. The maximum absolute atomic E-state index is 13.2. The first-order chi connectivity index (χ1) is 13.2. The molecule has 0 aromatic heterocycles. The Morgan fingerprint density at radius 1 is 1.04 bits per heavy atom. The van der Waals surface area contributed by atoms with Gasteiger partial charge in [-0.3, -0.25) is 14.4 Å². The van der Waals surface area contributed by atoms with Gasteiger partial charge in [0.15, 0.2) is 6.61 Å². The minimum Gasteiger partial charge on any atom is -0.455 e. The molecule has 0 radical (unpaired) electrons. The number of hydrogen-bond acceptors (Lipinski definition) is 4. The van der Waals surface area contributed by atoms with Crippen molar-refractivity contribution in [3.63, 3.8) is 0 Å². The monoisotopic (exact) mass is 390 g/mol. The van der Waals surface area contributed by atoms with Gasteiger partial charge in [0.1, 0.15) is 0 Å². The van der Waals surface area contributed by atoms with Gasteiger partial charge in [0.25, 0.3) is 5.91 Å². The number of nitrogens with zero attached hydrogens (tertiary/aromatic N) is 1. The van der Waals surface area contributed by atoms with Crippen LogP contribution in [0.2, 0.25) is 0 Å². The van der Waals surface area contributed by atoms with E-state index in [-0.39, 0.29) is 42.0 Å². The van der Waals surface area contributed by atoms with E-state index in [9.17, 15) is 14.4 Å². The highest BCUT2D eigenvalue weighted by atomic mass is 16.5. The molecular weight excluding hydrogens is 356 g/mol. The summed E-state index contributed by atoms with van der Waals surface area (Å²) < 4.78 is 5.65. The number of piperidine rings is 1. The third-order valence-corrected chi connectivity index (χ3v) is 7.74. The number of amides is 2. The molecule has 4 unspecified atom stereocenters. The van der Waals surface area contributed by atoms with Gasteiger partial charge in [-0.25, -0.2) is 0 Å². The summed E-state index contributed by atoms with van der Waals surface area (Å²) in [4.78, 5) is 39.6. The molecule has 156 valence electrons. The summed E-state index contributed by atoms with van der Waals surface area (Å²) in [6.45, 7) is 5.55. The molecule has 1 aliphatic heterocycles. The quantitative estimate of drug-likeness (QED) is 0.749. The van der Waals surface area contributed by atoms with Crippen molar-refractivity contribution in [3.05, 3.63) is 0 Å². The lowest BCUT2D eigenvalue weighted by atomic mass is 9.47. The smallest absolute Gasteiger partial charge is 0.312 e. The van der Waals surface area contributed by atoms with Crippen molar-refractivity contribution in [2.24, 2.45) is 17.3 Å². The lowest BCUT2D eigenvalue weighted by Gasteiger charge is -2.60. The van der Waals surface area contributed by atoms with E-state index in [1.807, 2.05) is 4.90 Å². The predicted molar refractivity (Wildman–Crippen MR) is 104 cm³/mol. The van der Waals surface area contributed by atoms with Gasteiger partial charge >= 0.3 is 5.97 Å². The zero-order valence-electron chi connectivity index (χ0n) is 17.5. The van der Waals surface area contributed by atoms with Crippen LogP contribution in [0.5, 0.6) is 0 Å². The molecule has 0 spiro atoms. The van der Waals surface area contributed by atoms with Crippen molar-refractivity contribution in [1.82, 2.24) is 10.2 Å². The minimum atomic E-state index is -0.522. The lowest BCUT2D eigenvalue weighted by Crippen LogP contribution is -2.64. The molecule has 6 heteroatoms. The second kappa shape index (κ2) is 7.03. The molecule has 2 amide bonds. The van der Waals surface area contributed by atoms with Crippen LogP contribution in [0, 0.1) is 17.3 Å². The van der Waals surface area contributed by atoms with Gasteiger partial charge in [0.05, 0.1) is 5.41 Å². The van der Waals surface area contributed by atoms with E-state index in [0.29, 0.717) is 18.3 Å². The summed E-state index contributed by atoms with van der Waals surface area (Å²) in [5.74, 6) is 0.627. The highest BCUT2D eigenvalue weighted by Gasteiger charge is 2.61. The largest absolute Gasteiger partial charge is 0.455 e. The van der Waals surface area contributed by atoms with Crippen molar-refractivity contribution in [2.45, 2.75) is 96.2 Å². The molecule has 5 rings (SSSR count). The van der Waals surface area contributed by atoms with E-state index in [1.54, 1.807) is 6.92 Å². The SMILES string of the molecule is CC(=O)NC12CC3CC(C1)CC(C(=O)OCC(=O)N1C(C)CCCC1C)(C3)C2. The minimum absolute atomic E-state index is 0.0197. The van der Waals surface area contributed by atoms with Crippen LogP contribution in [-0.2, 0) is 19.1 Å². The molecule has 28 heavy (non-hydrogen) atoms. The first-order valence-electron chi connectivity index (χ1n) is 11.0. The van der Waals surface area contributed by atoms with Crippen molar-refractivity contribution in [3.8, 4) is 0 Å². The predicted octanol–water partition coefficient (Wildman–Crippen LogP) is 2.79. The summed E-state index contributed by atoms with van der Waals surface area (Å²) >= 11 is 0. The molecule has 6 nitrogen and oxygen atoms in total. The Kier molecular flexibility index (Phi) is 4.95. The number of hydrogen-bond donors (Lipinski definition) is 1. The zero-order chi connectivity index (χ0) is 20.1. The van der Waals surface area contributed by atoms with Gasteiger partial charge in [-0.1, -0.05) is 0 Å². The summed E-state index contributed by atoms with van der Waals surface area (Å²) in [5, 5.41) is 3.17. The number of rotatable bonds is 4. The van der Waals surface area contributed by atoms with Crippen LogP contribution < -0.4 is 5.32 Å². The fourth-order valence-electron chi connectivity index (χ4n) is 7.29. The van der Waals surface area contributed by atoms with E-state index >= 15 is 0 Å². The first-order valence-corrected chi connectivity index (χ1v) is 11.0. The van der Waals surface area contributed by atoms with Crippen LogP contribution in [0.3, 0.4) is 0 Å². The molecule has 1 heterocycles. The Morgan fingerprint density at radius 2 is 1.64 bits per heavy atom. The summed E-state index contributed by atoms with van der Waals surface area (Å²) in [6.07, 6.45) is 8.60. The molecule has 5 aliphatic rings. The van der Waals surface area contributed by atoms with Crippen molar-refractivity contribution in [2.75, 3.05) is 6.61 Å². The molecule has 4 bridgehead atoms. The van der Waals surface area contributed by atoms with Crippen LogP contribution in [0.4, 0.5) is 0 Å². The molecule has 4 saturated carbocycles. The number of carbonyl (C=O) groups is 3. The molecule has 1 N–H and O–H groups in total. The lowest BCUT2D eigenvalue weighted by molar-refractivity contribution is -0.179. The standard InChI is InChI=1S/C22H34N2O4/c1-14-5-4-6-15(2)24(14)19(26)12-28-20(27)21-8-17-7-18(9-21)11-22(10-17,13-21)23-16(3)25/h14-15,17-18H,4-13H2,1-3H3,(H,23,25). The Morgan fingerprint density at radius 3 is 2.21 bits per heavy atom. The highest BCUT2D eigenvalue weighted by molar-refractivity contribution is 5.84. The van der Waals surface area contributed by atoms with E-state index in [1.165, 1.54) is 0 Å².